The fourth-order valence-corrected chi connectivity index (χ4v) is 13.7. The summed E-state index contributed by atoms with van der Waals surface area (Å²) in [6, 6.07) is 0. The molecule has 66 heavy (non-hydrogen) atoms. The lowest BCUT2D eigenvalue weighted by molar-refractivity contribution is -0.251. The van der Waals surface area contributed by atoms with Crippen LogP contribution in [0.4, 0.5) is 0 Å². The number of rotatable bonds is 7. The summed E-state index contributed by atoms with van der Waals surface area (Å²) < 4.78 is 49.3. The Hall–Kier alpha value is -1.33. The number of hydrogen-bond donors (Lipinski definition) is 1. The van der Waals surface area contributed by atoms with E-state index >= 15 is 0 Å². The highest BCUT2D eigenvalue weighted by Crippen LogP contribution is 2.47. The molecule has 0 amide bonds. The van der Waals surface area contributed by atoms with Crippen LogP contribution in [0, 0.1) is 23.7 Å². The molecule has 0 aromatic heterocycles. The summed E-state index contributed by atoms with van der Waals surface area (Å²) in [4.78, 5) is 28.3. The number of ether oxygens (including phenoxy) is 5. The van der Waals surface area contributed by atoms with Gasteiger partial charge in [-0.2, -0.15) is 0 Å². The molecule has 0 aromatic rings. The highest BCUT2D eigenvalue weighted by atomic mass is 28.4. The average molecular weight is 957 g/mol. The summed E-state index contributed by atoms with van der Waals surface area (Å²) in [7, 11) is -4.75. The average Bonchev–Trinajstić information content (AvgIpc) is 3.72. The molecule has 8 heterocycles. The Bertz CT molecular complexity index is 1730. The number of carbonyl (C=O) groups excluding carboxylic acids is 2. The van der Waals surface area contributed by atoms with Crippen LogP contribution in [0.1, 0.15) is 153 Å². The highest BCUT2D eigenvalue weighted by Gasteiger charge is 2.54. The molecule has 0 aliphatic carbocycles. The van der Waals surface area contributed by atoms with Crippen LogP contribution in [-0.2, 0) is 42.1 Å². The van der Waals surface area contributed by atoms with E-state index in [9.17, 15) is 14.7 Å². The van der Waals surface area contributed by atoms with Crippen molar-refractivity contribution in [2.75, 3.05) is 0 Å². The van der Waals surface area contributed by atoms with Gasteiger partial charge in [-0.1, -0.05) is 88.5 Å². The minimum absolute atomic E-state index is 0.0153. The molecule has 8 aliphatic rings. The monoisotopic (exact) mass is 957 g/mol. The molecule has 1 unspecified atom stereocenters. The Morgan fingerprint density at radius 3 is 2.03 bits per heavy atom. The number of Topliss-reactive ketones (excluding diaryl/α,β-unsaturated/α-hetero) is 1. The van der Waals surface area contributed by atoms with Gasteiger partial charge in [-0.05, 0) is 129 Å². The van der Waals surface area contributed by atoms with Crippen LogP contribution >= 0.6 is 0 Å². The van der Waals surface area contributed by atoms with E-state index in [2.05, 4.69) is 102 Å². The van der Waals surface area contributed by atoms with Crippen molar-refractivity contribution in [3.05, 3.63) is 36.5 Å². The second kappa shape index (κ2) is 21.6. The lowest BCUT2D eigenvalue weighted by Gasteiger charge is -2.54. The van der Waals surface area contributed by atoms with Gasteiger partial charge < -0.3 is 37.6 Å². The molecule has 1 N–H and O–H groups in total. The van der Waals surface area contributed by atoms with Crippen molar-refractivity contribution in [2.45, 2.75) is 268 Å². The number of carbonyl (C=O) groups is 2. The molecule has 0 saturated carbocycles. The number of allylic oxidation sites excluding steroid dienone is 1. The molecule has 8 bridgehead atoms. The zero-order chi connectivity index (χ0) is 48.7. The quantitative estimate of drug-likeness (QED) is 0.195. The van der Waals surface area contributed by atoms with E-state index in [0.717, 1.165) is 43.3 Å². The lowest BCUT2D eigenvalue weighted by Crippen LogP contribution is -2.64. The molecule has 0 spiro atoms. The standard InChI is InChI=1S/C54H92O10Si2/c1-17-37(55)30-47-35(5)43-29-39(57)28-42-22-25-45-50(60-42)36(6)51(64-66(15,16)54(10,11)12)52(62-45)46(63-65(13,14)53(7,8)9)23-19-38(56)18-20-40-27-33(3)44(58-40)24-21-41-26-32(2)34(4)48(59-41)31-49(43)61-47/h19,23,32,35-37,40-52,55H,3-4,17-18,20-22,24-31H2,1-2,5-16H3/b23-19+/t32-,35-,36+,37-,40+,41+,42-,43-,44+,45?,46+,47-,48-,49+,50-,51+,52+/m1/s1. The smallest absolute Gasteiger partial charge is 0.193 e. The van der Waals surface area contributed by atoms with Crippen LogP contribution < -0.4 is 0 Å². The molecule has 0 aromatic carbocycles. The molecule has 8 rings (SSSR count). The summed E-state index contributed by atoms with van der Waals surface area (Å²) in [6.07, 6.45) is 8.85. The van der Waals surface area contributed by atoms with Crippen molar-refractivity contribution in [1.82, 2.24) is 0 Å². The Kier molecular flexibility index (Phi) is 17.7. The second-order valence-corrected chi connectivity index (χ2v) is 34.2. The fourth-order valence-electron chi connectivity index (χ4n) is 11.0. The highest BCUT2D eigenvalue weighted by molar-refractivity contribution is 6.74. The number of aliphatic hydroxyl groups excluding tert-OH is 1. The van der Waals surface area contributed by atoms with E-state index in [1.165, 1.54) is 0 Å². The molecule has 17 atom stereocenters. The SMILES string of the molecule is C=C1C[C@@H]2CCC(=O)/C=C/[C@H](O[Si](C)(C)C(C)(C)C)[C@@H]3OC4CC[C@H](CC(=O)C[C@@H]5[C@@H](C)[C@@H](C[C@H](O)CC)O[C@H]5C[C@H]5O[C@@H](CC[C@@H]1O2)C[C@@H](C)C5=C)O[C@@H]4[C@H](C)[C@@H]3O[Si](C)(C)C(C)(C)C. The maximum atomic E-state index is 14.4. The third-order valence-corrected chi connectivity index (χ3v) is 26.6. The van der Waals surface area contributed by atoms with E-state index < -0.39 is 34.9 Å². The summed E-state index contributed by atoms with van der Waals surface area (Å²) >= 11 is 0. The van der Waals surface area contributed by atoms with Gasteiger partial charge in [0.25, 0.3) is 0 Å². The van der Waals surface area contributed by atoms with Gasteiger partial charge in [0.05, 0.1) is 73.2 Å². The maximum absolute atomic E-state index is 14.4. The van der Waals surface area contributed by atoms with Crippen LogP contribution in [0.2, 0.25) is 36.3 Å². The Balaban J connectivity index is 1.33. The molecule has 12 heteroatoms. The van der Waals surface area contributed by atoms with E-state index in [0.29, 0.717) is 51.4 Å². The van der Waals surface area contributed by atoms with Gasteiger partial charge in [0.15, 0.2) is 22.4 Å². The minimum atomic E-state index is -2.38. The lowest BCUT2D eigenvalue weighted by atomic mass is 9.78. The van der Waals surface area contributed by atoms with Crippen molar-refractivity contribution in [2.24, 2.45) is 23.7 Å². The van der Waals surface area contributed by atoms with Crippen LogP contribution in [-0.4, -0.2) is 113 Å². The molecule has 8 aliphatic heterocycles. The zero-order valence-electron chi connectivity index (χ0n) is 43.7. The van der Waals surface area contributed by atoms with Gasteiger partial charge >= 0.3 is 0 Å². The molecular formula is C54H92O10Si2. The Morgan fingerprint density at radius 1 is 0.727 bits per heavy atom. The number of fused-ring (bicyclic) bond motifs is 2. The first-order chi connectivity index (χ1) is 30.7. The molecule has 5 fully saturated rings. The van der Waals surface area contributed by atoms with Gasteiger partial charge in [0.2, 0.25) is 0 Å². The summed E-state index contributed by atoms with van der Waals surface area (Å²) in [5.41, 5.74) is 2.17. The Morgan fingerprint density at radius 2 is 1.36 bits per heavy atom. The molecule has 5 saturated heterocycles. The number of hydrogen-bond acceptors (Lipinski definition) is 10. The first kappa shape index (κ1) is 54.0. The van der Waals surface area contributed by atoms with Crippen LogP contribution in [0.5, 0.6) is 0 Å². The van der Waals surface area contributed by atoms with Crippen molar-refractivity contribution in [1.29, 1.82) is 0 Å². The maximum Gasteiger partial charge on any atom is 0.193 e. The number of ketones is 2. The first-order valence-corrected chi connectivity index (χ1v) is 31.9. The fraction of sp³-hybridized carbons (Fsp3) is 0.852. The normalized spacial score (nSPS) is 40.4. The second-order valence-electron chi connectivity index (χ2n) is 24.7. The minimum Gasteiger partial charge on any atom is -0.411 e. The zero-order valence-corrected chi connectivity index (χ0v) is 45.7. The summed E-state index contributed by atoms with van der Waals surface area (Å²) in [5, 5.41) is 10.6. The Labute approximate surface area is 402 Å². The predicted octanol–water partition coefficient (Wildman–Crippen LogP) is 11.4. The largest absolute Gasteiger partial charge is 0.411 e. The van der Waals surface area contributed by atoms with Crippen LogP contribution in [0.25, 0.3) is 0 Å². The molecule has 0 radical (unpaired) electrons. The molecule has 376 valence electrons. The molecular weight excluding hydrogens is 865 g/mol. The van der Waals surface area contributed by atoms with Crippen LogP contribution in [0.15, 0.2) is 36.5 Å². The van der Waals surface area contributed by atoms with Gasteiger partial charge in [0.1, 0.15) is 11.9 Å². The number of aliphatic hydroxyl groups is 1. The first-order valence-electron chi connectivity index (χ1n) is 26.1. The van der Waals surface area contributed by atoms with Crippen molar-refractivity contribution in [3.8, 4) is 0 Å². The van der Waals surface area contributed by atoms with Crippen LogP contribution in [0.3, 0.4) is 0 Å². The summed E-state index contributed by atoms with van der Waals surface area (Å²) in [5.74, 6) is 0.516. The summed E-state index contributed by atoms with van der Waals surface area (Å²) in [6.45, 7) is 40.2. The van der Waals surface area contributed by atoms with E-state index in [-0.39, 0.29) is 106 Å². The van der Waals surface area contributed by atoms with Gasteiger partial charge in [-0.15, -0.1) is 0 Å². The van der Waals surface area contributed by atoms with Crippen molar-refractivity contribution >= 4 is 28.2 Å². The third-order valence-electron chi connectivity index (χ3n) is 17.7. The topological polar surface area (TPSA) is 119 Å². The third kappa shape index (κ3) is 12.8. The van der Waals surface area contributed by atoms with Gasteiger partial charge in [0, 0.05) is 31.6 Å². The van der Waals surface area contributed by atoms with Gasteiger partial charge in [-0.3, -0.25) is 9.59 Å². The van der Waals surface area contributed by atoms with Crippen molar-refractivity contribution < 1.29 is 47.2 Å². The molecule has 10 nitrogen and oxygen atoms in total. The van der Waals surface area contributed by atoms with E-state index in [1.807, 2.05) is 13.0 Å². The van der Waals surface area contributed by atoms with E-state index in [1.54, 1.807) is 6.08 Å². The van der Waals surface area contributed by atoms with E-state index in [4.69, 9.17) is 32.5 Å². The van der Waals surface area contributed by atoms with Gasteiger partial charge in [-0.25, -0.2) is 0 Å². The van der Waals surface area contributed by atoms with Crippen molar-refractivity contribution in [3.63, 3.8) is 0 Å². The predicted molar refractivity (Wildman–Crippen MR) is 268 cm³/mol.